The summed E-state index contributed by atoms with van der Waals surface area (Å²) in [6.45, 7) is 3.93. The molecule has 0 spiro atoms. The van der Waals surface area contributed by atoms with Crippen LogP contribution in [0, 0.1) is 0 Å². The molecule has 2 aromatic rings. The fourth-order valence-corrected chi connectivity index (χ4v) is 2.93. The van der Waals surface area contributed by atoms with Gasteiger partial charge in [0.25, 0.3) is 12.3 Å². The molecule has 5 nitrogen and oxygen atoms in total. The number of amides is 1. The normalized spacial score (nSPS) is 13.5. The van der Waals surface area contributed by atoms with Gasteiger partial charge in [-0.15, -0.1) is 0 Å². The van der Waals surface area contributed by atoms with E-state index in [1.54, 1.807) is 6.07 Å². The summed E-state index contributed by atoms with van der Waals surface area (Å²) in [7, 11) is 1.40. The van der Waals surface area contributed by atoms with Gasteiger partial charge in [0.1, 0.15) is 5.69 Å². The van der Waals surface area contributed by atoms with Crippen LogP contribution in [0.5, 0.6) is 0 Å². The van der Waals surface area contributed by atoms with E-state index in [2.05, 4.69) is 22.2 Å². The quantitative estimate of drug-likeness (QED) is 0.942. The minimum absolute atomic E-state index is 0.102. The van der Waals surface area contributed by atoms with Crippen molar-refractivity contribution in [2.45, 2.75) is 19.8 Å². The summed E-state index contributed by atoms with van der Waals surface area (Å²) < 4.78 is 27.1. The highest BCUT2D eigenvalue weighted by Gasteiger charge is 2.24. The van der Waals surface area contributed by atoms with Crippen LogP contribution in [0.1, 0.15) is 35.0 Å². The van der Waals surface area contributed by atoms with Crippen LogP contribution in [-0.2, 0) is 13.5 Å². The maximum absolute atomic E-state index is 13.1. The molecule has 0 atom stereocenters. The second kappa shape index (κ2) is 5.98. The lowest BCUT2D eigenvalue weighted by Crippen LogP contribution is -2.19. The van der Waals surface area contributed by atoms with Crippen molar-refractivity contribution in [3.05, 3.63) is 41.2 Å². The van der Waals surface area contributed by atoms with Gasteiger partial charge in [-0.25, -0.2) is 8.78 Å². The summed E-state index contributed by atoms with van der Waals surface area (Å²) in [5, 5.41) is 6.44. The van der Waals surface area contributed by atoms with E-state index in [1.807, 2.05) is 12.1 Å². The number of aromatic nitrogens is 2. The van der Waals surface area contributed by atoms with Crippen LogP contribution < -0.4 is 10.2 Å². The predicted octanol–water partition coefficient (Wildman–Crippen LogP) is 2.99. The molecule has 3 rings (SSSR count). The molecular formula is C16H18F2N4O. The van der Waals surface area contributed by atoms with E-state index < -0.39 is 12.3 Å². The molecule has 0 saturated carbocycles. The van der Waals surface area contributed by atoms with Gasteiger partial charge >= 0.3 is 0 Å². The van der Waals surface area contributed by atoms with Crippen LogP contribution in [0.25, 0.3) is 0 Å². The largest absolute Gasteiger partial charge is 0.371 e. The first kappa shape index (κ1) is 15.5. The third-order valence-corrected chi connectivity index (χ3v) is 4.15. The number of alkyl halides is 2. The molecule has 7 heteroatoms. The number of hydrogen-bond donors (Lipinski definition) is 1. The Labute approximate surface area is 132 Å². The van der Waals surface area contributed by atoms with Crippen LogP contribution in [0.2, 0.25) is 0 Å². The summed E-state index contributed by atoms with van der Waals surface area (Å²) in [5.41, 5.74) is 2.44. The van der Waals surface area contributed by atoms with Crippen molar-refractivity contribution in [2.75, 3.05) is 23.3 Å². The zero-order chi connectivity index (χ0) is 16.6. The van der Waals surface area contributed by atoms with Gasteiger partial charge in [-0.1, -0.05) is 6.07 Å². The number of nitrogens with zero attached hydrogens (tertiary/aromatic N) is 3. The number of hydrogen-bond acceptors (Lipinski definition) is 3. The lowest BCUT2D eigenvalue weighted by atomic mass is 10.1. The Morgan fingerprint density at radius 3 is 2.91 bits per heavy atom. The lowest BCUT2D eigenvalue weighted by Gasteiger charge is -2.17. The van der Waals surface area contributed by atoms with E-state index in [0.717, 1.165) is 29.9 Å². The molecule has 2 heterocycles. The molecule has 122 valence electrons. The van der Waals surface area contributed by atoms with E-state index in [4.69, 9.17) is 0 Å². The summed E-state index contributed by atoms with van der Waals surface area (Å²) >= 11 is 0. The van der Waals surface area contributed by atoms with Crippen molar-refractivity contribution in [3.63, 3.8) is 0 Å². The Hall–Kier alpha value is -2.44. The number of halogens is 2. The molecule has 1 N–H and O–H groups in total. The van der Waals surface area contributed by atoms with Gasteiger partial charge in [-0.2, -0.15) is 5.10 Å². The van der Waals surface area contributed by atoms with Gasteiger partial charge in [0.05, 0.1) is 11.8 Å². The number of fused-ring (bicyclic) bond motifs is 1. The fraction of sp³-hybridized carbons (Fsp3) is 0.375. The van der Waals surface area contributed by atoms with Crippen molar-refractivity contribution >= 4 is 17.3 Å². The topological polar surface area (TPSA) is 50.2 Å². The highest BCUT2D eigenvalue weighted by Crippen LogP contribution is 2.31. The molecule has 0 radical (unpaired) electrons. The Balaban J connectivity index is 1.84. The molecule has 0 bridgehead atoms. The number of carbonyl (C=O) groups is 1. The smallest absolute Gasteiger partial charge is 0.280 e. The number of benzene rings is 1. The Morgan fingerprint density at radius 2 is 2.22 bits per heavy atom. The first-order valence-electron chi connectivity index (χ1n) is 7.50. The van der Waals surface area contributed by atoms with Crippen LogP contribution in [0.15, 0.2) is 24.4 Å². The predicted molar refractivity (Wildman–Crippen MR) is 84.2 cm³/mol. The molecule has 1 aromatic heterocycles. The minimum Gasteiger partial charge on any atom is -0.371 e. The summed E-state index contributed by atoms with van der Waals surface area (Å²) in [5.74, 6) is -0.575. The monoisotopic (exact) mass is 320 g/mol. The maximum atomic E-state index is 13.1. The van der Waals surface area contributed by atoms with Crippen molar-refractivity contribution in [2.24, 2.45) is 7.05 Å². The molecular weight excluding hydrogens is 302 g/mol. The summed E-state index contributed by atoms with van der Waals surface area (Å²) in [6.07, 6.45) is -0.600. The zero-order valence-corrected chi connectivity index (χ0v) is 13.0. The number of aryl methyl sites for hydroxylation is 1. The average Bonchev–Trinajstić information content (AvgIpc) is 3.10. The van der Waals surface area contributed by atoms with Gasteiger partial charge in [-0.3, -0.25) is 9.48 Å². The van der Waals surface area contributed by atoms with Gasteiger partial charge in [-0.05, 0) is 31.0 Å². The molecule has 1 aliphatic heterocycles. The molecule has 0 unspecified atom stereocenters. The van der Waals surface area contributed by atoms with Gasteiger partial charge < -0.3 is 10.2 Å². The van der Waals surface area contributed by atoms with Gasteiger partial charge in [0, 0.05) is 31.5 Å². The van der Waals surface area contributed by atoms with E-state index in [9.17, 15) is 13.6 Å². The molecule has 1 aliphatic rings. The van der Waals surface area contributed by atoms with Crippen molar-refractivity contribution in [3.8, 4) is 0 Å². The van der Waals surface area contributed by atoms with Crippen LogP contribution in [0.4, 0.5) is 20.2 Å². The fourth-order valence-electron chi connectivity index (χ4n) is 2.93. The number of nitrogens with one attached hydrogen (secondary N) is 1. The second-order valence-electron chi connectivity index (χ2n) is 5.50. The van der Waals surface area contributed by atoms with E-state index in [0.29, 0.717) is 5.69 Å². The van der Waals surface area contributed by atoms with E-state index in [1.165, 1.54) is 18.8 Å². The van der Waals surface area contributed by atoms with Gasteiger partial charge in [0.2, 0.25) is 0 Å². The van der Waals surface area contributed by atoms with Crippen LogP contribution in [-0.4, -0.2) is 28.8 Å². The Kier molecular flexibility index (Phi) is 4.02. The minimum atomic E-state index is -2.75. The van der Waals surface area contributed by atoms with E-state index >= 15 is 0 Å². The number of anilines is 2. The van der Waals surface area contributed by atoms with Crippen molar-refractivity contribution in [1.82, 2.24) is 9.78 Å². The van der Waals surface area contributed by atoms with Crippen molar-refractivity contribution in [1.29, 1.82) is 0 Å². The molecule has 0 fully saturated rings. The molecule has 1 aromatic carbocycles. The molecule has 23 heavy (non-hydrogen) atoms. The standard InChI is InChI=1S/C16H18F2N4O/c1-3-22-7-6-10-4-5-11(8-13(10)22)20-16(23)12-9-19-21(2)14(12)15(17)18/h4-5,8-9,15H,3,6-7H2,1-2H3,(H,20,23). The summed E-state index contributed by atoms with van der Waals surface area (Å²) in [4.78, 5) is 14.5. The third kappa shape index (κ3) is 2.78. The molecule has 0 aliphatic carbocycles. The second-order valence-corrected chi connectivity index (χ2v) is 5.50. The first-order chi connectivity index (χ1) is 11.0. The third-order valence-electron chi connectivity index (χ3n) is 4.15. The van der Waals surface area contributed by atoms with Crippen molar-refractivity contribution < 1.29 is 13.6 Å². The molecule has 1 amide bonds. The maximum Gasteiger partial charge on any atom is 0.280 e. The highest BCUT2D eigenvalue weighted by atomic mass is 19.3. The molecule has 0 saturated heterocycles. The Morgan fingerprint density at radius 1 is 1.43 bits per heavy atom. The first-order valence-corrected chi connectivity index (χ1v) is 7.50. The number of carbonyl (C=O) groups excluding carboxylic acids is 1. The van der Waals surface area contributed by atoms with Crippen LogP contribution >= 0.6 is 0 Å². The zero-order valence-electron chi connectivity index (χ0n) is 13.0. The summed E-state index contributed by atoms with van der Waals surface area (Å²) in [6, 6.07) is 5.66. The van der Waals surface area contributed by atoms with Gasteiger partial charge in [0.15, 0.2) is 0 Å². The lowest BCUT2D eigenvalue weighted by molar-refractivity contribution is 0.100. The van der Waals surface area contributed by atoms with E-state index in [-0.39, 0.29) is 11.3 Å². The average molecular weight is 320 g/mol. The number of rotatable bonds is 4. The highest BCUT2D eigenvalue weighted by molar-refractivity contribution is 6.05. The Bertz CT molecular complexity index is 742. The number of likely N-dealkylation sites (N-methyl/N-ethyl adjacent to an activating group) is 1. The van der Waals surface area contributed by atoms with Crippen LogP contribution in [0.3, 0.4) is 0 Å². The SMILES string of the molecule is CCN1CCc2ccc(NC(=O)c3cnn(C)c3C(F)F)cc21.